The first-order valence-corrected chi connectivity index (χ1v) is 9.52. The molecule has 6 nitrogen and oxygen atoms in total. The van der Waals surface area contributed by atoms with Crippen LogP contribution in [0.25, 0.3) is 11.0 Å². The number of hydrogen-bond acceptors (Lipinski definition) is 3. The summed E-state index contributed by atoms with van der Waals surface area (Å²) >= 11 is 0. The molecule has 140 valence electrons. The van der Waals surface area contributed by atoms with E-state index in [0.29, 0.717) is 25.2 Å². The number of carbonyl (C=O) groups excluding carboxylic acids is 1. The maximum absolute atomic E-state index is 12.9. The van der Waals surface area contributed by atoms with Crippen molar-refractivity contribution in [2.45, 2.75) is 39.2 Å². The summed E-state index contributed by atoms with van der Waals surface area (Å²) in [6, 6.07) is 9.30. The standard InChI is InChI=1S/C21H24N4O2/c1-3-24-11-9-15(12-18(24)26)21(27)25-10-5-7-16(13-25)20-22-17-8-4-6-14(2)19(17)23-20/h4,6,8-9,11-12,16H,3,5,7,10,13H2,1-2H3,(H,22,23). The SMILES string of the molecule is CCn1ccc(C(=O)N2CCCC(c3nc4c(C)cccc4[nH]3)C2)cc1=O. The van der Waals surface area contributed by atoms with Gasteiger partial charge >= 0.3 is 0 Å². The van der Waals surface area contributed by atoms with E-state index in [1.54, 1.807) is 16.8 Å². The molecule has 27 heavy (non-hydrogen) atoms. The Morgan fingerprint density at radius 3 is 2.93 bits per heavy atom. The second kappa shape index (κ2) is 7.02. The lowest BCUT2D eigenvalue weighted by Crippen LogP contribution is -2.39. The Bertz CT molecular complexity index is 1050. The van der Waals surface area contributed by atoms with Gasteiger partial charge in [0, 0.05) is 43.4 Å². The van der Waals surface area contributed by atoms with Crippen LogP contribution in [0.5, 0.6) is 0 Å². The molecule has 6 heteroatoms. The minimum atomic E-state index is -0.135. The molecular formula is C21H24N4O2. The molecule has 1 unspecified atom stereocenters. The Morgan fingerprint density at radius 1 is 1.33 bits per heavy atom. The number of carbonyl (C=O) groups is 1. The summed E-state index contributed by atoms with van der Waals surface area (Å²) in [7, 11) is 0. The van der Waals surface area contributed by atoms with Gasteiger partial charge in [0.1, 0.15) is 5.82 Å². The van der Waals surface area contributed by atoms with Crippen molar-refractivity contribution in [1.82, 2.24) is 19.4 Å². The van der Waals surface area contributed by atoms with E-state index in [1.165, 1.54) is 6.07 Å². The quantitative estimate of drug-likeness (QED) is 0.776. The molecule has 0 aliphatic carbocycles. The molecule has 3 aromatic rings. The van der Waals surface area contributed by atoms with E-state index in [1.807, 2.05) is 24.0 Å². The molecule has 4 rings (SSSR count). The number of amides is 1. The van der Waals surface area contributed by atoms with Gasteiger partial charge in [-0.25, -0.2) is 4.98 Å². The van der Waals surface area contributed by atoms with Crippen molar-refractivity contribution in [2.75, 3.05) is 13.1 Å². The summed E-state index contributed by atoms with van der Waals surface area (Å²) in [6.45, 7) is 5.90. The molecule has 1 amide bonds. The molecule has 0 radical (unpaired) electrons. The molecular weight excluding hydrogens is 340 g/mol. The smallest absolute Gasteiger partial charge is 0.254 e. The van der Waals surface area contributed by atoms with Gasteiger partial charge in [-0.3, -0.25) is 9.59 Å². The highest BCUT2D eigenvalue weighted by molar-refractivity contribution is 5.94. The van der Waals surface area contributed by atoms with Crippen molar-refractivity contribution in [3.63, 3.8) is 0 Å². The van der Waals surface area contributed by atoms with E-state index in [0.717, 1.165) is 35.3 Å². The third-order valence-corrected chi connectivity index (χ3v) is 5.41. The molecule has 1 fully saturated rings. The number of hydrogen-bond donors (Lipinski definition) is 1. The summed E-state index contributed by atoms with van der Waals surface area (Å²) in [5, 5.41) is 0. The number of pyridine rings is 1. The molecule has 2 aromatic heterocycles. The average Bonchev–Trinajstić information content (AvgIpc) is 3.13. The van der Waals surface area contributed by atoms with E-state index >= 15 is 0 Å². The molecule has 1 aromatic carbocycles. The molecule has 1 saturated heterocycles. The molecule has 1 aliphatic rings. The molecule has 1 atom stereocenters. The van der Waals surface area contributed by atoms with Crippen LogP contribution in [0, 0.1) is 6.92 Å². The summed E-state index contributed by atoms with van der Waals surface area (Å²) in [5.41, 5.74) is 3.52. The van der Waals surface area contributed by atoms with E-state index in [2.05, 4.69) is 18.0 Å². The lowest BCUT2D eigenvalue weighted by Gasteiger charge is -2.32. The number of likely N-dealkylation sites (tertiary alicyclic amines) is 1. The number of aryl methyl sites for hydroxylation is 2. The fourth-order valence-corrected chi connectivity index (χ4v) is 3.86. The number of benzene rings is 1. The number of rotatable bonds is 3. The summed E-state index contributed by atoms with van der Waals surface area (Å²) in [5.74, 6) is 1.05. The minimum Gasteiger partial charge on any atom is -0.342 e. The van der Waals surface area contributed by atoms with Gasteiger partial charge in [-0.15, -0.1) is 0 Å². The van der Waals surface area contributed by atoms with E-state index in [9.17, 15) is 9.59 Å². The number of nitrogens with one attached hydrogen (secondary N) is 1. The van der Waals surface area contributed by atoms with Crippen LogP contribution >= 0.6 is 0 Å². The van der Waals surface area contributed by atoms with Crippen LogP contribution in [0.4, 0.5) is 0 Å². The Labute approximate surface area is 157 Å². The maximum atomic E-state index is 12.9. The largest absolute Gasteiger partial charge is 0.342 e. The second-order valence-corrected chi connectivity index (χ2v) is 7.22. The van der Waals surface area contributed by atoms with Crippen molar-refractivity contribution >= 4 is 16.9 Å². The zero-order valence-electron chi connectivity index (χ0n) is 15.7. The van der Waals surface area contributed by atoms with Crippen molar-refractivity contribution < 1.29 is 4.79 Å². The van der Waals surface area contributed by atoms with Gasteiger partial charge in [-0.2, -0.15) is 0 Å². The van der Waals surface area contributed by atoms with Crippen LogP contribution in [-0.4, -0.2) is 38.4 Å². The Kier molecular flexibility index (Phi) is 4.56. The van der Waals surface area contributed by atoms with E-state index < -0.39 is 0 Å². The van der Waals surface area contributed by atoms with Crippen molar-refractivity contribution in [3.8, 4) is 0 Å². The first-order valence-electron chi connectivity index (χ1n) is 9.52. The third-order valence-electron chi connectivity index (χ3n) is 5.41. The number of H-pyrrole nitrogens is 1. The number of nitrogens with zero attached hydrogens (tertiary/aromatic N) is 3. The molecule has 1 aliphatic heterocycles. The zero-order chi connectivity index (χ0) is 19.0. The van der Waals surface area contributed by atoms with E-state index in [-0.39, 0.29) is 17.4 Å². The zero-order valence-corrected chi connectivity index (χ0v) is 15.7. The maximum Gasteiger partial charge on any atom is 0.254 e. The molecule has 0 spiro atoms. The van der Waals surface area contributed by atoms with Crippen LogP contribution < -0.4 is 5.56 Å². The fourth-order valence-electron chi connectivity index (χ4n) is 3.86. The monoisotopic (exact) mass is 364 g/mol. The predicted molar refractivity (Wildman–Crippen MR) is 105 cm³/mol. The molecule has 1 N–H and O–H groups in total. The summed E-state index contributed by atoms with van der Waals surface area (Å²) < 4.78 is 1.59. The van der Waals surface area contributed by atoms with Crippen molar-refractivity contribution in [1.29, 1.82) is 0 Å². The lowest BCUT2D eigenvalue weighted by molar-refractivity contribution is 0.0704. The Morgan fingerprint density at radius 2 is 2.19 bits per heavy atom. The number of para-hydroxylation sites is 1. The number of piperidine rings is 1. The number of imidazole rings is 1. The highest BCUT2D eigenvalue weighted by Gasteiger charge is 2.27. The predicted octanol–water partition coefficient (Wildman–Crippen LogP) is 3.07. The van der Waals surface area contributed by atoms with Crippen LogP contribution in [-0.2, 0) is 6.54 Å². The van der Waals surface area contributed by atoms with Gasteiger partial charge in [0.2, 0.25) is 0 Å². The number of aromatic nitrogens is 3. The second-order valence-electron chi connectivity index (χ2n) is 7.22. The first kappa shape index (κ1) is 17.5. The van der Waals surface area contributed by atoms with Crippen molar-refractivity contribution in [2.24, 2.45) is 0 Å². The van der Waals surface area contributed by atoms with Crippen LogP contribution in [0.3, 0.4) is 0 Å². The Hall–Kier alpha value is -2.89. The third kappa shape index (κ3) is 3.27. The van der Waals surface area contributed by atoms with Gasteiger partial charge in [0.25, 0.3) is 11.5 Å². The first-order chi connectivity index (χ1) is 13.1. The normalized spacial score (nSPS) is 17.4. The fraction of sp³-hybridized carbons (Fsp3) is 0.381. The van der Waals surface area contributed by atoms with E-state index in [4.69, 9.17) is 4.98 Å². The van der Waals surface area contributed by atoms with Gasteiger partial charge in [-0.1, -0.05) is 12.1 Å². The van der Waals surface area contributed by atoms with Gasteiger partial charge < -0.3 is 14.5 Å². The topological polar surface area (TPSA) is 71.0 Å². The van der Waals surface area contributed by atoms with Crippen LogP contribution in [0.2, 0.25) is 0 Å². The summed E-state index contributed by atoms with van der Waals surface area (Å²) in [6.07, 6.45) is 3.62. The molecule has 0 saturated carbocycles. The average molecular weight is 364 g/mol. The number of fused-ring (bicyclic) bond motifs is 1. The van der Waals surface area contributed by atoms with Gasteiger partial charge in [-0.05, 0) is 44.4 Å². The van der Waals surface area contributed by atoms with Crippen LogP contribution in [0.15, 0.2) is 41.3 Å². The molecule has 3 heterocycles. The van der Waals surface area contributed by atoms with Crippen molar-refractivity contribution in [3.05, 3.63) is 63.8 Å². The van der Waals surface area contributed by atoms with Gasteiger partial charge in [0.15, 0.2) is 0 Å². The lowest BCUT2D eigenvalue weighted by atomic mass is 9.97. The highest BCUT2D eigenvalue weighted by Crippen LogP contribution is 2.28. The number of aromatic amines is 1. The minimum absolute atomic E-state index is 0.0765. The Balaban J connectivity index is 1.56. The van der Waals surface area contributed by atoms with Gasteiger partial charge in [0.05, 0.1) is 11.0 Å². The summed E-state index contributed by atoms with van der Waals surface area (Å²) in [4.78, 5) is 35.0. The van der Waals surface area contributed by atoms with Crippen LogP contribution in [0.1, 0.15) is 47.4 Å². The highest BCUT2D eigenvalue weighted by atomic mass is 16.2. The molecule has 0 bridgehead atoms.